The molecule has 1 unspecified atom stereocenters. The van der Waals surface area contributed by atoms with E-state index in [1.807, 2.05) is 95.1 Å². The second-order valence-electron chi connectivity index (χ2n) is 16.9. The van der Waals surface area contributed by atoms with Crippen molar-refractivity contribution in [1.29, 1.82) is 0 Å². The lowest BCUT2D eigenvalue weighted by Gasteiger charge is -2.22. The normalized spacial score (nSPS) is 16.3. The molecule has 3 aliphatic rings. The highest BCUT2D eigenvalue weighted by Crippen LogP contribution is 2.40. The van der Waals surface area contributed by atoms with E-state index in [1.165, 1.54) is 0 Å². The van der Waals surface area contributed by atoms with Gasteiger partial charge < -0.3 is 29.2 Å². The van der Waals surface area contributed by atoms with Crippen LogP contribution in [-0.4, -0.2) is 74.5 Å². The Kier molecular flexibility index (Phi) is 10.7. The Balaban J connectivity index is 0.994. The van der Waals surface area contributed by atoms with Gasteiger partial charge in [-0.25, -0.2) is 9.97 Å². The van der Waals surface area contributed by atoms with Gasteiger partial charge in [-0.3, -0.25) is 19.6 Å². The molecule has 0 radical (unpaired) electrons. The van der Waals surface area contributed by atoms with E-state index in [2.05, 4.69) is 48.1 Å². The van der Waals surface area contributed by atoms with Crippen LogP contribution in [0.2, 0.25) is 0 Å². The van der Waals surface area contributed by atoms with Gasteiger partial charge in [0.25, 0.3) is 11.8 Å². The summed E-state index contributed by atoms with van der Waals surface area (Å²) in [4.78, 5) is 47.7. The summed E-state index contributed by atoms with van der Waals surface area (Å²) in [7, 11) is 0. The Morgan fingerprint density at radius 3 is 1.98 bits per heavy atom. The number of ether oxygens (including phenoxy) is 2. The van der Waals surface area contributed by atoms with Crippen LogP contribution in [0.4, 0.5) is 11.6 Å². The zero-order valence-corrected chi connectivity index (χ0v) is 36.1. The number of nitrogens with one attached hydrogen (secondary N) is 2. The molecule has 2 N–H and O–H groups in total. The Hall–Kier alpha value is -8.14. The molecule has 1 aliphatic carbocycles. The molecule has 2 aromatic carbocycles. The van der Waals surface area contributed by atoms with Crippen molar-refractivity contribution in [3.8, 4) is 56.8 Å². The third-order valence-corrected chi connectivity index (χ3v) is 12.3. The summed E-state index contributed by atoms with van der Waals surface area (Å²) in [5, 5.41) is 23.6. The SMILES string of the molecule is Cc1ccc(-c2ccc3c(c2)C(=O)Nc2cc(C4CCn5cnnc5-c5cccc(n5)NC(=O)c5cc(-c6ccc(C7CC7)nc6)ccc5OC4)cc(n2)-c2nncn2CCCCO3)cn1. The van der Waals surface area contributed by atoms with Crippen molar-refractivity contribution < 1.29 is 19.1 Å². The predicted molar refractivity (Wildman–Crippen MR) is 246 cm³/mol. The number of carbonyl (C=O) groups excluding carboxylic acids is 2. The second-order valence-corrected chi connectivity index (χ2v) is 16.9. The molecule has 1 saturated carbocycles. The fraction of sp³-hybridized carbons (Fsp3) is 0.240. The third-order valence-electron chi connectivity index (χ3n) is 12.3. The predicted octanol–water partition coefficient (Wildman–Crippen LogP) is 8.55. The van der Waals surface area contributed by atoms with Crippen LogP contribution in [0.15, 0.2) is 116 Å². The average Bonchev–Trinajstić information content (AvgIpc) is 3.90. The largest absolute Gasteiger partial charge is 0.493 e. The van der Waals surface area contributed by atoms with E-state index in [4.69, 9.17) is 24.4 Å². The van der Waals surface area contributed by atoms with Gasteiger partial charge >= 0.3 is 0 Å². The number of anilines is 2. The zero-order valence-electron chi connectivity index (χ0n) is 36.1. The summed E-state index contributed by atoms with van der Waals surface area (Å²) in [6.45, 7) is 3.63. The van der Waals surface area contributed by atoms with Crippen molar-refractivity contribution in [2.75, 3.05) is 23.8 Å². The number of amides is 2. The van der Waals surface area contributed by atoms with E-state index in [9.17, 15) is 9.59 Å². The fourth-order valence-corrected chi connectivity index (χ4v) is 8.45. The van der Waals surface area contributed by atoms with Crippen molar-refractivity contribution in [2.45, 2.75) is 64.0 Å². The summed E-state index contributed by atoms with van der Waals surface area (Å²) in [6, 6.07) is 28.5. The standard InChI is InChI=1S/C50H44N12O4/c1-30-7-8-34(25-51-30)32-12-15-43-38(21-32)50(64)58-46-24-37(23-42(56-46)48-60-53-28-61(48)18-2-3-20-65-43)36-17-19-62-29-54-59-47(62)41-5-4-6-45(55-41)57-49(63)39-22-33(13-16-44(39)66-27-36)35-11-14-40(52-26-35)31-9-10-31/h4-8,11-16,21-26,28-29,31,36H,2-3,9-10,17-20,27H2,1H3,(H,55,57,63)(H,56,58,64). The van der Waals surface area contributed by atoms with Gasteiger partial charge in [0.2, 0.25) is 0 Å². The molecule has 16 heteroatoms. The first-order valence-electron chi connectivity index (χ1n) is 22.2. The first-order valence-corrected chi connectivity index (χ1v) is 22.2. The molecule has 16 nitrogen and oxygen atoms in total. The van der Waals surface area contributed by atoms with Crippen LogP contribution in [0.5, 0.6) is 11.5 Å². The number of aromatic nitrogens is 10. The number of hydrogen-bond donors (Lipinski definition) is 2. The number of pyridine rings is 4. The number of rotatable bonds is 4. The van der Waals surface area contributed by atoms with E-state index in [0.29, 0.717) is 89.3 Å². The van der Waals surface area contributed by atoms with E-state index in [-0.39, 0.29) is 24.3 Å². The molecule has 8 heterocycles. The van der Waals surface area contributed by atoms with E-state index in [1.54, 1.807) is 24.9 Å². The van der Waals surface area contributed by atoms with Crippen LogP contribution >= 0.6 is 0 Å². The molecule has 8 aromatic rings. The van der Waals surface area contributed by atoms with E-state index < -0.39 is 0 Å². The summed E-state index contributed by atoms with van der Waals surface area (Å²) in [6.07, 6.45) is 11.4. The quantitative estimate of drug-likeness (QED) is 0.172. The third kappa shape index (κ3) is 8.47. The fourth-order valence-electron chi connectivity index (χ4n) is 8.45. The summed E-state index contributed by atoms with van der Waals surface area (Å²) in [5.74, 6) is 2.08. The van der Waals surface area contributed by atoms with Crippen LogP contribution in [0, 0.1) is 6.92 Å². The maximum Gasteiger partial charge on any atom is 0.260 e. The maximum atomic E-state index is 14.5. The molecule has 11 rings (SSSR count). The van der Waals surface area contributed by atoms with E-state index in [0.717, 1.165) is 64.9 Å². The van der Waals surface area contributed by atoms with Crippen LogP contribution < -0.4 is 20.1 Å². The molecular formula is C50H44N12O4. The number of benzene rings is 2. The lowest BCUT2D eigenvalue weighted by atomic mass is 9.95. The molecule has 328 valence electrons. The molecule has 1 fully saturated rings. The van der Waals surface area contributed by atoms with Crippen LogP contribution in [-0.2, 0) is 13.1 Å². The first kappa shape index (κ1) is 40.6. The van der Waals surface area contributed by atoms with Crippen LogP contribution in [0.3, 0.4) is 0 Å². The monoisotopic (exact) mass is 876 g/mol. The molecule has 66 heavy (non-hydrogen) atoms. The first-order chi connectivity index (χ1) is 32.4. The zero-order chi connectivity index (χ0) is 44.6. The minimum Gasteiger partial charge on any atom is -0.493 e. The molecular weight excluding hydrogens is 833 g/mol. The van der Waals surface area contributed by atoms with Gasteiger partial charge in [0.1, 0.15) is 47.2 Å². The molecule has 0 spiro atoms. The van der Waals surface area contributed by atoms with E-state index >= 15 is 0 Å². The lowest BCUT2D eigenvalue weighted by Crippen LogP contribution is -2.20. The van der Waals surface area contributed by atoms with Crippen molar-refractivity contribution in [3.05, 3.63) is 144 Å². The Labute approximate surface area is 379 Å². The van der Waals surface area contributed by atoms with Gasteiger partial charge in [0.05, 0.1) is 24.3 Å². The number of aryl methyl sites for hydroxylation is 3. The van der Waals surface area contributed by atoms with Gasteiger partial charge in [0.15, 0.2) is 11.6 Å². The number of hydrogen-bond acceptors (Lipinski definition) is 12. The number of nitrogens with zero attached hydrogens (tertiary/aromatic N) is 10. The highest BCUT2D eigenvalue weighted by atomic mass is 16.5. The lowest BCUT2D eigenvalue weighted by molar-refractivity contribution is 0.101. The highest BCUT2D eigenvalue weighted by Gasteiger charge is 2.26. The molecule has 2 amide bonds. The van der Waals surface area contributed by atoms with Gasteiger partial charge in [-0.05, 0) is 116 Å². The maximum absolute atomic E-state index is 14.5. The number of carbonyl (C=O) groups is 2. The highest BCUT2D eigenvalue weighted by molar-refractivity contribution is 6.07. The molecule has 1 atom stereocenters. The Bertz CT molecular complexity index is 3110. The summed E-state index contributed by atoms with van der Waals surface area (Å²) in [5.41, 5.74) is 8.02. The molecule has 0 saturated heterocycles. The van der Waals surface area contributed by atoms with Crippen molar-refractivity contribution >= 4 is 23.5 Å². The average molecular weight is 877 g/mol. The Morgan fingerprint density at radius 2 is 1.27 bits per heavy atom. The smallest absolute Gasteiger partial charge is 0.260 e. The minimum atomic E-state index is -0.389. The van der Waals surface area contributed by atoms with Gasteiger partial charge in [-0.15, -0.1) is 20.4 Å². The topological polar surface area (TPSA) is 190 Å². The van der Waals surface area contributed by atoms with Gasteiger partial charge in [-0.1, -0.05) is 30.3 Å². The van der Waals surface area contributed by atoms with Gasteiger partial charge in [0, 0.05) is 59.8 Å². The second kappa shape index (κ2) is 17.4. The molecule has 4 bridgehead atoms. The van der Waals surface area contributed by atoms with Crippen molar-refractivity contribution in [1.82, 2.24) is 49.5 Å². The van der Waals surface area contributed by atoms with Gasteiger partial charge in [-0.2, -0.15) is 0 Å². The molecule has 6 aromatic heterocycles. The van der Waals surface area contributed by atoms with Crippen molar-refractivity contribution in [2.24, 2.45) is 0 Å². The number of fused-ring (bicyclic) bond motifs is 10. The summed E-state index contributed by atoms with van der Waals surface area (Å²) < 4.78 is 16.9. The minimum absolute atomic E-state index is 0.159. The molecule has 2 aliphatic heterocycles. The van der Waals surface area contributed by atoms with Crippen LogP contribution in [0.1, 0.15) is 81.6 Å². The van der Waals surface area contributed by atoms with Crippen LogP contribution in [0.25, 0.3) is 45.3 Å². The summed E-state index contributed by atoms with van der Waals surface area (Å²) >= 11 is 0. The van der Waals surface area contributed by atoms with Crippen molar-refractivity contribution in [3.63, 3.8) is 0 Å². The Morgan fingerprint density at radius 1 is 0.606 bits per heavy atom.